The van der Waals surface area contributed by atoms with Gasteiger partial charge in [0.05, 0.1) is 5.92 Å². The number of carbonyl (C=O) groups excluding carboxylic acids is 2. The Labute approximate surface area is 164 Å². The number of hydrogen-bond donors (Lipinski definition) is 1. The highest BCUT2D eigenvalue weighted by Crippen LogP contribution is 2.48. The van der Waals surface area contributed by atoms with Crippen LogP contribution in [0.25, 0.3) is 0 Å². The van der Waals surface area contributed by atoms with E-state index in [1.807, 2.05) is 23.1 Å². The first-order valence-electron chi connectivity index (χ1n) is 10.3. The number of aromatic amines is 1. The third-order valence-electron chi connectivity index (χ3n) is 6.76. The number of aromatic nitrogens is 2. The highest BCUT2D eigenvalue weighted by atomic mass is 16.2. The lowest BCUT2D eigenvalue weighted by molar-refractivity contribution is -0.142. The molecule has 5 rings (SSSR count). The maximum Gasteiger partial charge on any atom is 0.271 e. The van der Waals surface area contributed by atoms with Crippen molar-refractivity contribution in [3.63, 3.8) is 0 Å². The van der Waals surface area contributed by atoms with Gasteiger partial charge >= 0.3 is 0 Å². The van der Waals surface area contributed by atoms with Crippen LogP contribution in [0, 0.1) is 5.41 Å². The Morgan fingerprint density at radius 1 is 1.11 bits per heavy atom. The standard InChI is InChI=1S/C22H26N4O2/c27-20-18(16-4-2-1-3-5-16)14-22(15-26(20)17-6-7-17)9-12-25(13-10-22)21(28)19-8-11-23-24-19/h1-5,8,11,17-18H,6-7,9-10,12-15H2,(H,23,24)/t18-/m0/s1. The van der Waals surface area contributed by atoms with Crippen molar-refractivity contribution >= 4 is 11.8 Å². The van der Waals surface area contributed by atoms with Gasteiger partial charge in [-0.1, -0.05) is 30.3 Å². The van der Waals surface area contributed by atoms with E-state index in [1.54, 1.807) is 12.3 Å². The number of carbonyl (C=O) groups is 2. The Kier molecular flexibility index (Phi) is 4.22. The lowest BCUT2D eigenvalue weighted by atomic mass is 9.67. The zero-order valence-electron chi connectivity index (χ0n) is 16.0. The molecule has 1 aromatic carbocycles. The Hall–Kier alpha value is -2.63. The first-order valence-corrected chi connectivity index (χ1v) is 10.3. The zero-order valence-corrected chi connectivity index (χ0v) is 16.0. The van der Waals surface area contributed by atoms with Crippen LogP contribution in [-0.2, 0) is 4.79 Å². The quantitative estimate of drug-likeness (QED) is 0.893. The molecule has 1 N–H and O–H groups in total. The summed E-state index contributed by atoms with van der Waals surface area (Å²) >= 11 is 0. The number of piperidine rings is 2. The summed E-state index contributed by atoms with van der Waals surface area (Å²) in [6, 6.07) is 12.4. The van der Waals surface area contributed by atoms with Crippen LogP contribution in [0.4, 0.5) is 0 Å². The van der Waals surface area contributed by atoms with Gasteiger partial charge in [0.15, 0.2) is 0 Å². The van der Waals surface area contributed by atoms with E-state index >= 15 is 0 Å². The molecule has 0 radical (unpaired) electrons. The van der Waals surface area contributed by atoms with Gasteiger partial charge < -0.3 is 9.80 Å². The second kappa shape index (κ2) is 6.76. The van der Waals surface area contributed by atoms with Crippen LogP contribution < -0.4 is 0 Å². The van der Waals surface area contributed by atoms with Gasteiger partial charge in [0.25, 0.3) is 5.91 Å². The number of nitrogens with one attached hydrogen (secondary N) is 1. The molecule has 2 aromatic rings. The second-order valence-corrected chi connectivity index (χ2v) is 8.63. The van der Waals surface area contributed by atoms with Crippen molar-refractivity contribution in [2.24, 2.45) is 5.41 Å². The highest BCUT2D eigenvalue weighted by molar-refractivity contribution is 5.92. The Morgan fingerprint density at radius 2 is 1.86 bits per heavy atom. The molecule has 3 aliphatic rings. The van der Waals surface area contributed by atoms with Gasteiger partial charge in [0, 0.05) is 31.9 Å². The van der Waals surface area contributed by atoms with Crippen LogP contribution in [0.3, 0.4) is 0 Å². The van der Waals surface area contributed by atoms with E-state index in [9.17, 15) is 9.59 Å². The Morgan fingerprint density at radius 3 is 2.50 bits per heavy atom. The molecule has 2 saturated heterocycles. The molecule has 3 heterocycles. The lowest BCUT2D eigenvalue weighted by Gasteiger charge is -2.50. The Bertz CT molecular complexity index is 852. The minimum Gasteiger partial charge on any atom is -0.339 e. The van der Waals surface area contributed by atoms with Crippen LogP contribution in [0.2, 0.25) is 0 Å². The molecule has 146 valence electrons. The van der Waals surface area contributed by atoms with E-state index in [0.29, 0.717) is 17.6 Å². The van der Waals surface area contributed by atoms with Crippen molar-refractivity contribution < 1.29 is 9.59 Å². The summed E-state index contributed by atoms with van der Waals surface area (Å²) in [6.07, 6.45) is 6.68. The number of likely N-dealkylation sites (tertiary alicyclic amines) is 2. The average molecular weight is 378 g/mol. The molecular formula is C22H26N4O2. The number of nitrogens with zero attached hydrogens (tertiary/aromatic N) is 3. The zero-order chi connectivity index (χ0) is 19.1. The molecule has 6 heteroatoms. The summed E-state index contributed by atoms with van der Waals surface area (Å²) in [5.74, 6) is 0.276. The molecule has 1 saturated carbocycles. The maximum absolute atomic E-state index is 13.2. The van der Waals surface area contributed by atoms with Crippen molar-refractivity contribution in [1.29, 1.82) is 0 Å². The molecule has 2 aliphatic heterocycles. The van der Waals surface area contributed by atoms with E-state index in [0.717, 1.165) is 57.3 Å². The molecule has 1 aromatic heterocycles. The van der Waals surface area contributed by atoms with Gasteiger partial charge in [0.2, 0.25) is 5.91 Å². The fourth-order valence-electron chi connectivity index (χ4n) is 4.96. The van der Waals surface area contributed by atoms with Gasteiger partial charge in [-0.25, -0.2) is 0 Å². The molecule has 28 heavy (non-hydrogen) atoms. The minimum absolute atomic E-state index is 0.0258. The predicted molar refractivity (Wildman–Crippen MR) is 105 cm³/mol. The van der Waals surface area contributed by atoms with Gasteiger partial charge in [-0.2, -0.15) is 5.10 Å². The van der Waals surface area contributed by atoms with Crippen molar-refractivity contribution in [2.75, 3.05) is 19.6 Å². The number of hydrogen-bond acceptors (Lipinski definition) is 3. The monoisotopic (exact) mass is 378 g/mol. The van der Waals surface area contributed by atoms with Crippen LogP contribution in [0.15, 0.2) is 42.6 Å². The molecule has 1 atom stereocenters. The molecule has 3 fully saturated rings. The van der Waals surface area contributed by atoms with Gasteiger partial charge in [-0.3, -0.25) is 14.7 Å². The summed E-state index contributed by atoms with van der Waals surface area (Å²) in [5.41, 5.74) is 1.80. The first kappa shape index (κ1) is 17.5. The first-order chi connectivity index (χ1) is 13.7. The smallest absolute Gasteiger partial charge is 0.271 e. The molecule has 6 nitrogen and oxygen atoms in total. The molecule has 0 unspecified atom stereocenters. The van der Waals surface area contributed by atoms with Crippen molar-refractivity contribution in [3.05, 3.63) is 53.9 Å². The summed E-state index contributed by atoms with van der Waals surface area (Å²) in [4.78, 5) is 29.9. The van der Waals surface area contributed by atoms with Crippen LogP contribution in [0.1, 0.15) is 54.1 Å². The lowest BCUT2D eigenvalue weighted by Crippen LogP contribution is -2.55. The van der Waals surface area contributed by atoms with Crippen molar-refractivity contribution in [3.8, 4) is 0 Å². The van der Waals surface area contributed by atoms with Crippen molar-refractivity contribution in [2.45, 2.75) is 44.1 Å². The number of benzene rings is 1. The van der Waals surface area contributed by atoms with Crippen LogP contribution in [-0.4, -0.2) is 57.5 Å². The topological polar surface area (TPSA) is 69.3 Å². The normalized spacial score (nSPS) is 24.6. The van der Waals surface area contributed by atoms with E-state index in [4.69, 9.17) is 0 Å². The SMILES string of the molecule is O=C(c1ccn[nH]1)N1CCC2(CC1)C[C@@H](c1ccccc1)C(=O)N(C1CC1)C2. The minimum atomic E-state index is -0.0505. The average Bonchev–Trinajstić information content (AvgIpc) is 3.43. The largest absolute Gasteiger partial charge is 0.339 e. The molecule has 1 spiro atoms. The Balaban J connectivity index is 1.35. The van der Waals surface area contributed by atoms with E-state index in [1.165, 1.54) is 0 Å². The maximum atomic E-state index is 13.2. The van der Waals surface area contributed by atoms with E-state index < -0.39 is 0 Å². The fraction of sp³-hybridized carbons (Fsp3) is 0.500. The fourth-order valence-corrected chi connectivity index (χ4v) is 4.96. The van der Waals surface area contributed by atoms with E-state index in [-0.39, 0.29) is 17.2 Å². The van der Waals surface area contributed by atoms with Crippen LogP contribution in [0.5, 0.6) is 0 Å². The van der Waals surface area contributed by atoms with Gasteiger partial charge in [-0.05, 0) is 49.1 Å². The molecule has 1 aliphatic carbocycles. The van der Waals surface area contributed by atoms with Crippen LogP contribution >= 0.6 is 0 Å². The summed E-state index contributed by atoms with van der Waals surface area (Å²) < 4.78 is 0. The predicted octanol–water partition coefficient (Wildman–Crippen LogP) is 2.81. The number of amides is 2. The third kappa shape index (κ3) is 3.11. The molecule has 2 amide bonds. The molecule has 0 bridgehead atoms. The highest BCUT2D eigenvalue weighted by Gasteiger charge is 2.49. The summed E-state index contributed by atoms with van der Waals surface area (Å²) in [7, 11) is 0. The third-order valence-corrected chi connectivity index (χ3v) is 6.76. The number of H-pyrrole nitrogens is 1. The van der Waals surface area contributed by atoms with E-state index in [2.05, 4.69) is 27.2 Å². The summed E-state index contributed by atoms with van der Waals surface area (Å²) in [6.45, 7) is 2.34. The number of rotatable bonds is 3. The van der Waals surface area contributed by atoms with Gasteiger partial charge in [0.1, 0.15) is 5.69 Å². The summed E-state index contributed by atoms with van der Waals surface area (Å²) in [5, 5.41) is 6.67. The second-order valence-electron chi connectivity index (χ2n) is 8.63. The van der Waals surface area contributed by atoms with Gasteiger partial charge in [-0.15, -0.1) is 0 Å². The van der Waals surface area contributed by atoms with Crippen molar-refractivity contribution in [1.82, 2.24) is 20.0 Å². The molecular weight excluding hydrogens is 352 g/mol.